The number of hydrogen-bond acceptors (Lipinski definition) is 6. The number of anilines is 1. The highest BCUT2D eigenvalue weighted by atomic mass is 16.5. The Labute approximate surface area is 195 Å². The van der Waals surface area contributed by atoms with Crippen molar-refractivity contribution in [2.45, 2.75) is 44.2 Å². The molecule has 0 spiro atoms. The smallest absolute Gasteiger partial charge is 0.242 e. The van der Waals surface area contributed by atoms with E-state index in [1.54, 1.807) is 0 Å². The summed E-state index contributed by atoms with van der Waals surface area (Å²) in [7, 11) is 0. The fourth-order valence-corrected chi connectivity index (χ4v) is 4.74. The molecular formula is C26H32N2O5. The van der Waals surface area contributed by atoms with Crippen molar-refractivity contribution in [3.8, 4) is 17.2 Å². The molecule has 1 N–H and O–H groups in total. The molecule has 3 heterocycles. The van der Waals surface area contributed by atoms with Crippen molar-refractivity contribution in [3.05, 3.63) is 48.0 Å². The Bertz CT molecular complexity index is 959. The van der Waals surface area contributed by atoms with Crippen molar-refractivity contribution >= 4 is 11.6 Å². The lowest BCUT2D eigenvalue weighted by Crippen LogP contribution is -2.35. The van der Waals surface area contributed by atoms with Gasteiger partial charge in [-0.25, -0.2) is 0 Å². The predicted molar refractivity (Wildman–Crippen MR) is 125 cm³/mol. The van der Waals surface area contributed by atoms with Crippen molar-refractivity contribution in [3.63, 3.8) is 0 Å². The molecule has 176 valence electrons. The SMILES string of the molecule is O=C(CNc1cccc(OC[C@@H]2CCCO2)c1)N1CCC[C@@H]1c1ccc2c(c1)OCCCO2. The summed E-state index contributed by atoms with van der Waals surface area (Å²) in [6.07, 6.45) is 5.16. The zero-order valence-electron chi connectivity index (χ0n) is 19.0. The summed E-state index contributed by atoms with van der Waals surface area (Å²) in [5.41, 5.74) is 1.98. The van der Waals surface area contributed by atoms with E-state index in [-0.39, 0.29) is 24.6 Å². The summed E-state index contributed by atoms with van der Waals surface area (Å²) >= 11 is 0. The Morgan fingerprint density at radius 1 is 1.00 bits per heavy atom. The molecule has 0 aliphatic carbocycles. The van der Waals surface area contributed by atoms with Gasteiger partial charge in [0.25, 0.3) is 0 Å². The zero-order chi connectivity index (χ0) is 22.5. The van der Waals surface area contributed by atoms with Gasteiger partial charge in [-0.15, -0.1) is 0 Å². The third-order valence-electron chi connectivity index (χ3n) is 6.47. The second-order valence-electron chi connectivity index (χ2n) is 8.83. The molecule has 3 aliphatic rings. The maximum absolute atomic E-state index is 13.1. The Morgan fingerprint density at radius 2 is 1.91 bits per heavy atom. The van der Waals surface area contributed by atoms with Crippen LogP contribution in [0.1, 0.15) is 43.7 Å². The second-order valence-corrected chi connectivity index (χ2v) is 8.83. The van der Waals surface area contributed by atoms with Gasteiger partial charge in [0.1, 0.15) is 12.4 Å². The monoisotopic (exact) mass is 452 g/mol. The lowest BCUT2D eigenvalue weighted by atomic mass is 10.0. The van der Waals surface area contributed by atoms with Gasteiger partial charge < -0.3 is 29.2 Å². The fraction of sp³-hybridized carbons (Fsp3) is 0.500. The van der Waals surface area contributed by atoms with Crippen LogP contribution in [0.4, 0.5) is 5.69 Å². The number of carbonyl (C=O) groups is 1. The van der Waals surface area contributed by atoms with E-state index in [4.69, 9.17) is 18.9 Å². The molecule has 0 radical (unpaired) electrons. The molecular weight excluding hydrogens is 420 g/mol. The average molecular weight is 453 g/mol. The highest BCUT2D eigenvalue weighted by molar-refractivity contribution is 5.81. The lowest BCUT2D eigenvalue weighted by Gasteiger charge is -2.26. The van der Waals surface area contributed by atoms with Crippen molar-refractivity contribution in [1.29, 1.82) is 0 Å². The van der Waals surface area contributed by atoms with Gasteiger partial charge in [0.15, 0.2) is 11.5 Å². The summed E-state index contributed by atoms with van der Waals surface area (Å²) in [4.78, 5) is 15.1. The molecule has 33 heavy (non-hydrogen) atoms. The van der Waals surface area contributed by atoms with Crippen LogP contribution in [0.15, 0.2) is 42.5 Å². The van der Waals surface area contributed by atoms with Gasteiger partial charge in [0.2, 0.25) is 5.91 Å². The summed E-state index contributed by atoms with van der Waals surface area (Å²) in [5.74, 6) is 2.45. The Morgan fingerprint density at radius 3 is 2.79 bits per heavy atom. The van der Waals surface area contributed by atoms with Crippen LogP contribution >= 0.6 is 0 Å². The molecule has 7 heteroatoms. The zero-order valence-corrected chi connectivity index (χ0v) is 19.0. The summed E-state index contributed by atoms with van der Waals surface area (Å²) in [6.45, 7) is 3.73. The molecule has 2 aromatic carbocycles. The maximum Gasteiger partial charge on any atom is 0.242 e. The molecule has 5 rings (SSSR count). The van der Waals surface area contributed by atoms with Gasteiger partial charge in [-0.1, -0.05) is 12.1 Å². The van der Waals surface area contributed by atoms with E-state index in [2.05, 4.69) is 11.4 Å². The van der Waals surface area contributed by atoms with Crippen LogP contribution in [-0.4, -0.2) is 56.4 Å². The van der Waals surface area contributed by atoms with Crippen LogP contribution < -0.4 is 19.5 Å². The number of likely N-dealkylation sites (tertiary alicyclic amines) is 1. The van der Waals surface area contributed by atoms with Gasteiger partial charge in [-0.3, -0.25) is 4.79 Å². The molecule has 7 nitrogen and oxygen atoms in total. The first-order chi connectivity index (χ1) is 16.3. The highest BCUT2D eigenvalue weighted by Crippen LogP contribution is 2.38. The summed E-state index contributed by atoms with van der Waals surface area (Å²) < 4.78 is 23.1. The molecule has 2 saturated heterocycles. The Hall–Kier alpha value is -2.93. The first kappa shape index (κ1) is 21.9. The summed E-state index contributed by atoms with van der Waals surface area (Å²) in [5, 5.41) is 3.27. The molecule has 0 unspecified atom stereocenters. The molecule has 0 saturated carbocycles. The minimum atomic E-state index is 0.0672. The average Bonchev–Trinajstić information content (AvgIpc) is 3.49. The van der Waals surface area contributed by atoms with Crippen LogP contribution in [0.3, 0.4) is 0 Å². The van der Waals surface area contributed by atoms with E-state index >= 15 is 0 Å². The van der Waals surface area contributed by atoms with Gasteiger partial charge >= 0.3 is 0 Å². The number of carbonyl (C=O) groups excluding carboxylic acids is 1. The number of nitrogens with zero attached hydrogens (tertiary/aromatic N) is 1. The minimum Gasteiger partial charge on any atom is -0.491 e. The largest absolute Gasteiger partial charge is 0.491 e. The topological polar surface area (TPSA) is 69.3 Å². The second kappa shape index (κ2) is 10.3. The van der Waals surface area contributed by atoms with E-state index in [1.807, 2.05) is 41.3 Å². The number of fused-ring (bicyclic) bond motifs is 1. The van der Waals surface area contributed by atoms with Crippen LogP contribution in [0, 0.1) is 0 Å². The maximum atomic E-state index is 13.1. The first-order valence-corrected chi connectivity index (χ1v) is 12.0. The van der Waals surface area contributed by atoms with Gasteiger partial charge in [-0.05, 0) is 55.5 Å². The van der Waals surface area contributed by atoms with Crippen molar-refractivity contribution in [2.75, 3.05) is 44.8 Å². The number of nitrogens with one attached hydrogen (secondary N) is 1. The minimum absolute atomic E-state index is 0.0672. The third-order valence-corrected chi connectivity index (χ3v) is 6.47. The van der Waals surface area contributed by atoms with E-state index in [0.29, 0.717) is 19.8 Å². The van der Waals surface area contributed by atoms with E-state index < -0.39 is 0 Å². The van der Waals surface area contributed by atoms with Crippen molar-refractivity contribution in [1.82, 2.24) is 4.90 Å². The number of ether oxygens (including phenoxy) is 4. The molecule has 1 amide bonds. The van der Waals surface area contributed by atoms with E-state index in [1.165, 1.54) is 0 Å². The van der Waals surface area contributed by atoms with Crippen molar-refractivity contribution in [2.24, 2.45) is 0 Å². The number of amides is 1. The first-order valence-electron chi connectivity index (χ1n) is 12.0. The Kier molecular flexibility index (Phi) is 6.86. The summed E-state index contributed by atoms with van der Waals surface area (Å²) in [6, 6.07) is 13.9. The van der Waals surface area contributed by atoms with Gasteiger partial charge in [0, 0.05) is 31.3 Å². The number of benzene rings is 2. The van der Waals surface area contributed by atoms with Crippen LogP contribution in [0.2, 0.25) is 0 Å². The molecule has 2 fully saturated rings. The molecule has 3 aliphatic heterocycles. The van der Waals surface area contributed by atoms with Crippen molar-refractivity contribution < 1.29 is 23.7 Å². The predicted octanol–water partition coefficient (Wildman–Crippen LogP) is 4.18. The van der Waals surface area contributed by atoms with Crippen LogP contribution in [0.5, 0.6) is 17.2 Å². The van der Waals surface area contributed by atoms with Gasteiger partial charge in [0.05, 0.1) is 31.9 Å². The standard InChI is InChI=1S/C26H32N2O5/c29-26(17-27-20-5-1-6-21(16-20)33-18-22-7-3-12-30-22)28-11-2-8-23(28)19-9-10-24-25(15-19)32-14-4-13-31-24/h1,5-6,9-10,15-16,22-23,27H,2-4,7-8,11-14,17-18H2/t22-,23+/m0/s1. The molecule has 0 bridgehead atoms. The Balaban J connectivity index is 1.18. The van der Waals surface area contributed by atoms with E-state index in [0.717, 1.165) is 73.8 Å². The molecule has 0 aromatic heterocycles. The van der Waals surface area contributed by atoms with E-state index in [9.17, 15) is 4.79 Å². The normalized spacial score (nSPS) is 22.1. The quantitative estimate of drug-likeness (QED) is 0.680. The molecule has 2 atom stereocenters. The number of hydrogen-bond donors (Lipinski definition) is 1. The van der Waals surface area contributed by atoms with Crippen LogP contribution in [0.25, 0.3) is 0 Å². The molecule has 2 aromatic rings. The lowest BCUT2D eigenvalue weighted by molar-refractivity contribution is -0.130. The highest BCUT2D eigenvalue weighted by Gasteiger charge is 2.30. The van der Waals surface area contributed by atoms with Gasteiger partial charge in [-0.2, -0.15) is 0 Å². The third kappa shape index (κ3) is 5.36. The fourth-order valence-electron chi connectivity index (χ4n) is 4.74. The van der Waals surface area contributed by atoms with Crippen LogP contribution in [-0.2, 0) is 9.53 Å². The number of rotatable bonds is 7.